The second kappa shape index (κ2) is 10.6. The number of carbonyl (C=O) groups excluding carboxylic acids is 1. The number of ketones is 1. The van der Waals surface area contributed by atoms with E-state index in [2.05, 4.69) is 6.08 Å². The molecule has 0 saturated carbocycles. The number of carbonyl (C=O) groups is 1. The number of hydrogen-bond acceptors (Lipinski definition) is 5. The molecule has 0 unspecified atom stereocenters. The highest BCUT2D eigenvalue weighted by molar-refractivity contribution is 6.10. The maximum absolute atomic E-state index is 13.0. The molecule has 0 aromatic heterocycles. The average Bonchev–Trinajstić information content (AvgIpc) is 2.67. The van der Waals surface area contributed by atoms with Crippen LogP contribution in [0.15, 0.2) is 48.1 Å². The van der Waals surface area contributed by atoms with E-state index < -0.39 is 0 Å². The van der Waals surface area contributed by atoms with E-state index in [1.54, 1.807) is 50.6 Å². The van der Waals surface area contributed by atoms with Crippen LogP contribution in [0.25, 0.3) is 6.08 Å². The molecular formula is C24H28O5. The van der Waals surface area contributed by atoms with Gasteiger partial charge in [-0.05, 0) is 66.8 Å². The van der Waals surface area contributed by atoms with E-state index >= 15 is 0 Å². The van der Waals surface area contributed by atoms with E-state index in [9.17, 15) is 15.0 Å². The molecule has 5 nitrogen and oxygen atoms in total. The number of phenolic OH excluding ortho intramolecular Hbond substituents is 2. The van der Waals surface area contributed by atoms with Crippen molar-refractivity contribution in [3.8, 4) is 11.5 Å². The van der Waals surface area contributed by atoms with Crippen molar-refractivity contribution in [1.82, 2.24) is 0 Å². The van der Waals surface area contributed by atoms with Gasteiger partial charge in [-0.1, -0.05) is 29.9 Å². The Kier molecular flexibility index (Phi) is 8.19. The minimum absolute atomic E-state index is 0.0922. The highest BCUT2D eigenvalue weighted by Crippen LogP contribution is 2.31. The Labute approximate surface area is 171 Å². The maximum atomic E-state index is 13.0. The van der Waals surface area contributed by atoms with E-state index in [0.29, 0.717) is 18.6 Å². The molecule has 0 spiro atoms. The SMILES string of the molecule is COCc1cc(O)c(C(=O)/C=C/c2ccc(O)cc2)c(COC)c1CC=C(C)C. The number of aromatic hydroxyl groups is 2. The standard InChI is InChI=1S/C24H28O5/c1-16(2)5-11-20-18(14-28-3)13-23(27)24(21(20)15-29-4)22(26)12-8-17-6-9-19(25)10-7-17/h5-10,12-13,25,27H,11,14-15H2,1-4H3/b12-8+. The van der Waals surface area contributed by atoms with Gasteiger partial charge in [-0.2, -0.15) is 0 Å². The number of hydrogen-bond donors (Lipinski definition) is 2. The molecule has 29 heavy (non-hydrogen) atoms. The van der Waals surface area contributed by atoms with Crippen molar-refractivity contribution in [2.75, 3.05) is 14.2 Å². The molecule has 0 atom stereocenters. The van der Waals surface area contributed by atoms with E-state index in [0.717, 1.165) is 22.3 Å². The Morgan fingerprint density at radius 2 is 1.66 bits per heavy atom. The lowest BCUT2D eigenvalue weighted by Crippen LogP contribution is -2.10. The van der Waals surface area contributed by atoms with Gasteiger partial charge in [0.25, 0.3) is 0 Å². The summed E-state index contributed by atoms with van der Waals surface area (Å²) in [5.41, 5.74) is 4.58. The monoisotopic (exact) mass is 396 g/mol. The van der Waals surface area contributed by atoms with Gasteiger partial charge < -0.3 is 19.7 Å². The third-order valence-corrected chi connectivity index (χ3v) is 4.49. The average molecular weight is 396 g/mol. The van der Waals surface area contributed by atoms with Gasteiger partial charge in [-0.3, -0.25) is 4.79 Å². The van der Waals surface area contributed by atoms with E-state index in [4.69, 9.17) is 9.47 Å². The maximum Gasteiger partial charge on any atom is 0.189 e. The van der Waals surface area contributed by atoms with Crippen LogP contribution in [-0.4, -0.2) is 30.2 Å². The van der Waals surface area contributed by atoms with Gasteiger partial charge in [0.05, 0.1) is 18.8 Å². The summed E-state index contributed by atoms with van der Waals surface area (Å²) in [6, 6.07) is 8.11. The highest BCUT2D eigenvalue weighted by atomic mass is 16.5. The van der Waals surface area contributed by atoms with Crippen molar-refractivity contribution in [1.29, 1.82) is 0 Å². The zero-order valence-corrected chi connectivity index (χ0v) is 17.4. The highest BCUT2D eigenvalue weighted by Gasteiger charge is 2.21. The molecule has 5 heteroatoms. The van der Waals surface area contributed by atoms with Crippen molar-refractivity contribution in [3.05, 3.63) is 75.9 Å². The molecule has 2 aromatic rings. The Morgan fingerprint density at radius 3 is 2.24 bits per heavy atom. The van der Waals surface area contributed by atoms with E-state index in [1.165, 1.54) is 6.08 Å². The number of phenols is 2. The Hall–Kier alpha value is -2.89. The second-order valence-electron chi connectivity index (χ2n) is 7.03. The number of benzene rings is 2. The van der Waals surface area contributed by atoms with Gasteiger partial charge in [0.2, 0.25) is 0 Å². The van der Waals surface area contributed by atoms with Crippen LogP contribution in [0.5, 0.6) is 11.5 Å². The molecule has 0 heterocycles. The molecule has 154 valence electrons. The molecule has 2 N–H and O–H groups in total. The molecule has 2 rings (SSSR count). The van der Waals surface area contributed by atoms with E-state index in [1.807, 2.05) is 13.8 Å². The predicted molar refractivity (Wildman–Crippen MR) is 114 cm³/mol. The zero-order chi connectivity index (χ0) is 21.4. The smallest absolute Gasteiger partial charge is 0.189 e. The van der Waals surface area contributed by atoms with Gasteiger partial charge in [-0.15, -0.1) is 0 Å². The molecule has 0 aliphatic heterocycles. The molecule has 0 amide bonds. The summed E-state index contributed by atoms with van der Waals surface area (Å²) >= 11 is 0. The topological polar surface area (TPSA) is 76.0 Å². The van der Waals surface area contributed by atoms with Crippen LogP contribution in [0.3, 0.4) is 0 Å². The first-order valence-corrected chi connectivity index (χ1v) is 9.36. The van der Waals surface area contributed by atoms with Gasteiger partial charge in [0.1, 0.15) is 11.5 Å². The number of methoxy groups -OCH3 is 2. The first-order chi connectivity index (χ1) is 13.9. The van der Waals surface area contributed by atoms with E-state index in [-0.39, 0.29) is 29.5 Å². The minimum Gasteiger partial charge on any atom is -0.508 e. The van der Waals surface area contributed by atoms with Crippen LogP contribution in [0.1, 0.15) is 46.5 Å². The van der Waals surface area contributed by atoms with Crippen molar-refractivity contribution < 1.29 is 24.5 Å². The fourth-order valence-electron chi connectivity index (χ4n) is 3.09. The van der Waals surface area contributed by atoms with Crippen molar-refractivity contribution >= 4 is 11.9 Å². The first kappa shape index (κ1) is 22.4. The first-order valence-electron chi connectivity index (χ1n) is 9.36. The largest absolute Gasteiger partial charge is 0.508 e. The molecule has 2 aromatic carbocycles. The summed E-state index contributed by atoms with van der Waals surface area (Å²) < 4.78 is 10.6. The molecule has 0 aliphatic rings. The van der Waals surface area contributed by atoms with Crippen LogP contribution in [0.4, 0.5) is 0 Å². The normalized spacial score (nSPS) is 11.0. The third kappa shape index (κ3) is 6.04. The van der Waals surface area contributed by atoms with Crippen molar-refractivity contribution in [2.45, 2.75) is 33.5 Å². The summed E-state index contributed by atoms with van der Waals surface area (Å²) in [6.45, 7) is 4.55. The third-order valence-electron chi connectivity index (χ3n) is 4.49. The second-order valence-corrected chi connectivity index (χ2v) is 7.03. The van der Waals surface area contributed by atoms with Crippen LogP contribution >= 0.6 is 0 Å². The Balaban J connectivity index is 2.53. The van der Waals surface area contributed by atoms with Crippen LogP contribution in [0.2, 0.25) is 0 Å². The molecule has 0 fully saturated rings. The van der Waals surface area contributed by atoms with Gasteiger partial charge in [-0.25, -0.2) is 0 Å². The van der Waals surface area contributed by atoms with Crippen LogP contribution in [-0.2, 0) is 29.1 Å². The molecule has 0 saturated heterocycles. The fourth-order valence-corrected chi connectivity index (χ4v) is 3.09. The summed E-state index contributed by atoms with van der Waals surface area (Å²) in [6.07, 6.45) is 5.76. The van der Waals surface area contributed by atoms with Gasteiger partial charge >= 0.3 is 0 Å². The summed E-state index contributed by atoms with van der Waals surface area (Å²) in [5.74, 6) is -0.249. The summed E-state index contributed by atoms with van der Waals surface area (Å²) in [4.78, 5) is 13.0. The molecule has 0 aliphatic carbocycles. The lowest BCUT2D eigenvalue weighted by molar-refractivity contribution is 0.103. The summed E-state index contributed by atoms with van der Waals surface area (Å²) in [5, 5.41) is 20.0. The van der Waals surface area contributed by atoms with Crippen LogP contribution in [0, 0.1) is 0 Å². The number of ether oxygens (including phenoxy) is 2. The Bertz CT molecular complexity index is 904. The molecule has 0 radical (unpaired) electrons. The lowest BCUT2D eigenvalue weighted by atomic mass is 9.90. The zero-order valence-electron chi connectivity index (χ0n) is 17.4. The van der Waals surface area contributed by atoms with Gasteiger partial charge in [0, 0.05) is 14.2 Å². The Morgan fingerprint density at radius 1 is 1.00 bits per heavy atom. The number of rotatable bonds is 9. The quantitative estimate of drug-likeness (QED) is 0.362. The lowest BCUT2D eigenvalue weighted by Gasteiger charge is -2.18. The van der Waals surface area contributed by atoms with Gasteiger partial charge in [0.15, 0.2) is 5.78 Å². The molecular weight excluding hydrogens is 368 g/mol. The fraction of sp³-hybridized carbons (Fsp3) is 0.292. The number of allylic oxidation sites excluding steroid dienone is 3. The van der Waals surface area contributed by atoms with Crippen LogP contribution < -0.4 is 0 Å². The predicted octanol–water partition coefficient (Wildman–Crippen LogP) is 4.80. The molecule has 0 bridgehead atoms. The summed E-state index contributed by atoms with van der Waals surface area (Å²) in [7, 11) is 3.16. The van der Waals surface area contributed by atoms with Crippen molar-refractivity contribution in [3.63, 3.8) is 0 Å². The minimum atomic E-state index is -0.315. The van der Waals surface area contributed by atoms with Crippen molar-refractivity contribution in [2.24, 2.45) is 0 Å².